The number of hydrogen-bond acceptors (Lipinski definition) is 4. The van der Waals surface area contributed by atoms with Gasteiger partial charge in [0.25, 0.3) is 5.91 Å². The minimum Gasteiger partial charge on any atom is -0.398 e. The van der Waals surface area contributed by atoms with Crippen molar-refractivity contribution in [3.63, 3.8) is 0 Å². The van der Waals surface area contributed by atoms with Gasteiger partial charge >= 0.3 is 0 Å². The highest BCUT2D eigenvalue weighted by molar-refractivity contribution is 5.99. The first-order valence-electron chi connectivity index (χ1n) is 9.04. The van der Waals surface area contributed by atoms with Gasteiger partial charge in [-0.15, -0.1) is 24.8 Å². The summed E-state index contributed by atoms with van der Waals surface area (Å²) in [7, 11) is 0. The minimum atomic E-state index is 0. The van der Waals surface area contributed by atoms with Crippen molar-refractivity contribution in [1.82, 2.24) is 9.80 Å². The lowest BCUT2D eigenvalue weighted by atomic mass is 9.95. The minimum absolute atomic E-state index is 0. The van der Waals surface area contributed by atoms with E-state index in [0.717, 1.165) is 45.6 Å². The number of carbonyl (C=O) groups excluding carboxylic acids is 1. The van der Waals surface area contributed by atoms with E-state index in [1.54, 1.807) is 6.07 Å². The molecule has 0 aromatic heterocycles. The van der Waals surface area contributed by atoms with Gasteiger partial charge < -0.3 is 15.4 Å². The van der Waals surface area contributed by atoms with Crippen LogP contribution in [0.3, 0.4) is 0 Å². The molecule has 1 aromatic carbocycles. The summed E-state index contributed by atoms with van der Waals surface area (Å²) in [4.78, 5) is 17.1. The van der Waals surface area contributed by atoms with Crippen LogP contribution in [-0.4, -0.2) is 60.6 Å². The number of morpholine rings is 1. The van der Waals surface area contributed by atoms with E-state index in [9.17, 15) is 4.79 Å². The standard InChI is InChI=1S/C19H29N3O2.2ClH/c1-14-11-21(12-15(2)24-14)13-16-7-9-22(10-8-16)19(23)17-5-3-4-6-18(17)20;;/h3-6,14-16H,7-13,20H2,1-2H3;2*1H. The quantitative estimate of drug-likeness (QED) is 0.787. The number of halogens is 2. The normalized spacial score (nSPS) is 24.5. The average molecular weight is 404 g/mol. The molecule has 0 bridgehead atoms. The smallest absolute Gasteiger partial charge is 0.255 e. The monoisotopic (exact) mass is 403 g/mol. The molecule has 26 heavy (non-hydrogen) atoms. The molecule has 2 saturated heterocycles. The van der Waals surface area contributed by atoms with Gasteiger partial charge in [0.2, 0.25) is 0 Å². The summed E-state index contributed by atoms with van der Waals surface area (Å²) in [6.07, 6.45) is 2.77. The second kappa shape index (κ2) is 10.4. The van der Waals surface area contributed by atoms with Gasteiger partial charge in [-0.25, -0.2) is 0 Å². The Morgan fingerprint density at radius 3 is 2.27 bits per heavy atom. The van der Waals surface area contributed by atoms with Crippen LogP contribution in [-0.2, 0) is 4.74 Å². The maximum absolute atomic E-state index is 12.6. The third-order valence-electron chi connectivity index (χ3n) is 5.10. The van der Waals surface area contributed by atoms with Gasteiger partial charge in [0.05, 0.1) is 17.8 Å². The van der Waals surface area contributed by atoms with Crippen LogP contribution in [0.5, 0.6) is 0 Å². The van der Waals surface area contributed by atoms with Crippen LogP contribution in [0.2, 0.25) is 0 Å². The molecule has 5 nitrogen and oxygen atoms in total. The molecule has 2 N–H and O–H groups in total. The lowest BCUT2D eigenvalue weighted by molar-refractivity contribution is -0.0728. The highest BCUT2D eigenvalue weighted by Crippen LogP contribution is 2.23. The number of amides is 1. The molecule has 2 aliphatic heterocycles. The third-order valence-corrected chi connectivity index (χ3v) is 5.10. The molecule has 1 amide bonds. The van der Waals surface area contributed by atoms with Crippen LogP contribution in [0.4, 0.5) is 5.69 Å². The Kier molecular flexibility index (Phi) is 9.17. The SMILES string of the molecule is CC1CN(CC2CCN(C(=O)c3ccccc3N)CC2)CC(C)O1.Cl.Cl. The van der Waals surface area contributed by atoms with Gasteiger partial charge in [-0.05, 0) is 44.7 Å². The van der Waals surface area contributed by atoms with Crippen LogP contribution < -0.4 is 5.73 Å². The number of benzene rings is 1. The molecule has 0 saturated carbocycles. The zero-order valence-corrected chi connectivity index (χ0v) is 17.2. The van der Waals surface area contributed by atoms with Crippen molar-refractivity contribution in [3.05, 3.63) is 29.8 Å². The largest absolute Gasteiger partial charge is 0.398 e. The number of nitrogens with zero attached hydrogens (tertiary/aromatic N) is 2. The van der Waals surface area contributed by atoms with Gasteiger partial charge in [-0.1, -0.05) is 12.1 Å². The van der Waals surface area contributed by atoms with E-state index in [4.69, 9.17) is 10.5 Å². The van der Waals surface area contributed by atoms with E-state index >= 15 is 0 Å². The number of ether oxygens (including phenoxy) is 1. The summed E-state index contributed by atoms with van der Waals surface area (Å²) in [6, 6.07) is 7.35. The van der Waals surface area contributed by atoms with Crippen LogP contribution in [0.25, 0.3) is 0 Å². The topological polar surface area (TPSA) is 58.8 Å². The first-order valence-corrected chi connectivity index (χ1v) is 9.04. The predicted octanol–water partition coefficient (Wildman–Crippen LogP) is 3.07. The van der Waals surface area contributed by atoms with E-state index in [2.05, 4.69) is 18.7 Å². The second-order valence-corrected chi connectivity index (χ2v) is 7.30. The second-order valence-electron chi connectivity index (χ2n) is 7.30. The summed E-state index contributed by atoms with van der Waals surface area (Å²) in [5.41, 5.74) is 7.14. The molecule has 3 rings (SSSR count). The Bertz CT molecular complexity index is 570. The predicted molar refractivity (Wildman–Crippen MR) is 110 cm³/mol. The van der Waals surface area contributed by atoms with Gasteiger partial charge in [0.15, 0.2) is 0 Å². The molecule has 7 heteroatoms. The zero-order valence-electron chi connectivity index (χ0n) is 15.6. The first kappa shape index (κ1) is 23.0. The molecule has 2 aliphatic rings. The average Bonchev–Trinajstić information content (AvgIpc) is 2.54. The molecule has 2 heterocycles. The number of carbonyl (C=O) groups is 1. The molecule has 0 aliphatic carbocycles. The number of nitrogen functional groups attached to an aromatic ring is 1. The highest BCUT2D eigenvalue weighted by Gasteiger charge is 2.28. The van der Waals surface area contributed by atoms with E-state index in [1.165, 1.54) is 0 Å². The maximum Gasteiger partial charge on any atom is 0.255 e. The number of piperidine rings is 1. The summed E-state index contributed by atoms with van der Waals surface area (Å²) in [5.74, 6) is 0.736. The fourth-order valence-corrected chi connectivity index (χ4v) is 3.98. The zero-order chi connectivity index (χ0) is 17.1. The van der Waals surface area contributed by atoms with Crippen LogP contribution in [0, 0.1) is 5.92 Å². The van der Waals surface area contributed by atoms with Crippen molar-refractivity contribution < 1.29 is 9.53 Å². The molecule has 2 fully saturated rings. The van der Waals surface area contributed by atoms with Crippen LogP contribution in [0.1, 0.15) is 37.0 Å². The van der Waals surface area contributed by atoms with E-state index < -0.39 is 0 Å². The van der Waals surface area contributed by atoms with E-state index in [-0.39, 0.29) is 30.7 Å². The Hall–Kier alpha value is -1.01. The number of rotatable bonds is 3. The summed E-state index contributed by atoms with van der Waals surface area (Å²) in [6.45, 7) is 9.10. The first-order chi connectivity index (χ1) is 11.5. The Morgan fingerprint density at radius 2 is 1.69 bits per heavy atom. The van der Waals surface area contributed by atoms with Crippen molar-refractivity contribution in [2.24, 2.45) is 5.92 Å². The molecular weight excluding hydrogens is 373 g/mol. The van der Waals surface area contributed by atoms with Crippen molar-refractivity contribution >= 4 is 36.4 Å². The van der Waals surface area contributed by atoms with Crippen molar-refractivity contribution in [3.8, 4) is 0 Å². The maximum atomic E-state index is 12.6. The lowest BCUT2D eigenvalue weighted by Crippen LogP contribution is -2.48. The fourth-order valence-electron chi connectivity index (χ4n) is 3.98. The Labute approximate surface area is 169 Å². The summed E-state index contributed by atoms with van der Waals surface area (Å²) >= 11 is 0. The van der Waals surface area contributed by atoms with Crippen LogP contribution in [0.15, 0.2) is 24.3 Å². The lowest BCUT2D eigenvalue weighted by Gasteiger charge is -2.39. The number of nitrogens with two attached hydrogens (primary N) is 1. The van der Waals surface area contributed by atoms with Gasteiger partial charge in [0, 0.05) is 38.4 Å². The third kappa shape index (κ3) is 5.74. The molecular formula is C19H31Cl2N3O2. The van der Waals surface area contributed by atoms with Crippen molar-refractivity contribution in [1.29, 1.82) is 0 Å². The number of likely N-dealkylation sites (tertiary alicyclic amines) is 1. The summed E-state index contributed by atoms with van der Waals surface area (Å²) < 4.78 is 5.81. The number of hydrogen-bond donors (Lipinski definition) is 1. The van der Waals surface area contributed by atoms with Gasteiger partial charge in [0.1, 0.15) is 0 Å². The number of anilines is 1. The molecule has 2 unspecified atom stereocenters. The molecule has 2 atom stereocenters. The Morgan fingerprint density at radius 1 is 1.12 bits per heavy atom. The molecule has 0 spiro atoms. The number of para-hydroxylation sites is 1. The van der Waals surface area contributed by atoms with E-state index in [1.807, 2.05) is 23.1 Å². The molecule has 1 aromatic rings. The van der Waals surface area contributed by atoms with Crippen molar-refractivity contribution in [2.75, 3.05) is 38.5 Å². The van der Waals surface area contributed by atoms with Gasteiger partial charge in [-0.2, -0.15) is 0 Å². The molecule has 148 valence electrons. The fraction of sp³-hybridized carbons (Fsp3) is 0.632. The Balaban J connectivity index is 0.00000169. The van der Waals surface area contributed by atoms with Gasteiger partial charge in [-0.3, -0.25) is 9.69 Å². The highest BCUT2D eigenvalue weighted by atomic mass is 35.5. The van der Waals surface area contributed by atoms with E-state index in [0.29, 0.717) is 29.4 Å². The van der Waals surface area contributed by atoms with Crippen molar-refractivity contribution in [2.45, 2.75) is 38.9 Å². The van der Waals surface area contributed by atoms with Crippen LogP contribution >= 0.6 is 24.8 Å². The molecule has 0 radical (unpaired) electrons. The summed E-state index contributed by atoms with van der Waals surface area (Å²) in [5, 5.41) is 0.